The smallest absolute Gasteiger partial charge is 0.263 e. The van der Waals surface area contributed by atoms with Crippen molar-refractivity contribution in [2.75, 3.05) is 19.0 Å². The number of nitrogens with zero attached hydrogens (tertiary/aromatic N) is 1. The van der Waals surface area contributed by atoms with E-state index in [1.807, 2.05) is 29.2 Å². The lowest BCUT2D eigenvalue weighted by Gasteiger charge is -2.32. The minimum atomic E-state index is -0.329. The average Bonchev–Trinajstić information content (AvgIpc) is 2.90. The fourth-order valence-corrected chi connectivity index (χ4v) is 3.14. The van der Waals surface area contributed by atoms with Crippen molar-refractivity contribution < 1.29 is 9.53 Å². The minimum Gasteiger partial charge on any atom is -0.480 e. The largest absolute Gasteiger partial charge is 0.480 e. The summed E-state index contributed by atoms with van der Waals surface area (Å²) in [5, 5.41) is 0. The zero-order valence-corrected chi connectivity index (χ0v) is 11.6. The van der Waals surface area contributed by atoms with Crippen LogP contribution in [0.1, 0.15) is 18.4 Å². The van der Waals surface area contributed by atoms with Crippen LogP contribution in [0.3, 0.4) is 0 Å². The second-order valence-corrected chi connectivity index (χ2v) is 5.65. The van der Waals surface area contributed by atoms with Gasteiger partial charge in [0.1, 0.15) is 5.75 Å². The van der Waals surface area contributed by atoms with E-state index in [0.29, 0.717) is 18.2 Å². The number of likely N-dealkylation sites (tertiary alicyclic amines) is 1. The van der Waals surface area contributed by atoms with E-state index in [4.69, 9.17) is 16.3 Å². The Kier molecular flexibility index (Phi) is 3.65. The molecule has 1 amide bonds. The van der Waals surface area contributed by atoms with E-state index in [1.165, 1.54) is 0 Å². The van der Waals surface area contributed by atoms with Gasteiger partial charge in [-0.1, -0.05) is 18.2 Å². The third-order valence-corrected chi connectivity index (χ3v) is 4.50. The van der Waals surface area contributed by atoms with Crippen LogP contribution in [-0.4, -0.2) is 35.9 Å². The van der Waals surface area contributed by atoms with Crippen molar-refractivity contribution in [2.24, 2.45) is 5.92 Å². The van der Waals surface area contributed by atoms with E-state index in [1.54, 1.807) is 0 Å². The van der Waals surface area contributed by atoms with Gasteiger partial charge >= 0.3 is 0 Å². The fraction of sp³-hybridized carbons (Fsp3) is 0.533. The standard InChI is InChI=1S/C15H18ClNO2/c16-10-11-5-7-17(8-6-11)15(18)14-9-12-3-1-2-4-13(12)19-14/h1-4,11,14H,5-10H2. The first-order chi connectivity index (χ1) is 9.28. The number of amides is 1. The Labute approximate surface area is 118 Å². The van der Waals surface area contributed by atoms with Gasteiger partial charge in [-0.2, -0.15) is 0 Å². The molecular formula is C15H18ClNO2. The molecule has 0 radical (unpaired) electrons. The molecule has 102 valence electrons. The molecule has 0 aromatic heterocycles. The number of ether oxygens (including phenoxy) is 1. The summed E-state index contributed by atoms with van der Waals surface area (Å²) in [5.74, 6) is 2.25. The van der Waals surface area contributed by atoms with Gasteiger partial charge in [-0.05, 0) is 30.4 Å². The summed E-state index contributed by atoms with van der Waals surface area (Å²) < 4.78 is 5.76. The molecule has 1 aromatic carbocycles. The van der Waals surface area contributed by atoms with Crippen LogP contribution < -0.4 is 4.74 Å². The van der Waals surface area contributed by atoms with Gasteiger partial charge in [-0.15, -0.1) is 11.6 Å². The highest BCUT2D eigenvalue weighted by molar-refractivity contribution is 6.18. The molecule has 3 rings (SSSR count). The van der Waals surface area contributed by atoms with Crippen molar-refractivity contribution in [2.45, 2.75) is 25.4 Å². The molecule has 0 N–H and O–H groups in total. The second-order valence-electron chi connectivity index (χ2n) is 5.34. The van der Waals surface area contributed by atoms with Crippen molar-refractivity contribution >= 4 is 17.5 Å². The number of carbonyl (C=O) groups excluding carboxylic acids is 1. The maximum Gasteiger partial charge on any atom is 0.263 e. The minimum absolute atomic E-state index is 0.129. The summed E-state index contributed by atoms with van der Waals surface area (Å²) in [6.07, 6.45) is 2.39. The number of carbonyl (C=O) groups is 1. The highest BCUT2D eigenvalue weighted by Crippen LogP contribution is 2.29. The van der Waals surface area contributed by atoms with E-state index in [-0.39, 0.29) is 12.0 Å². The van der Waals surface area contributed by atoms with E-state index in [0.717, 1.165) is 37.2 Å². The number of hydrogen-bond donors (Lipinski definition) is 0. The number of para-hydroxylation sites is 1. The lowest BCUT2D eigenvalue weighted by molar-refractivity contribution is -0.139. The summed E-state index contributed by atoms with van der Waals surface area (Å²) in [6, 6.07) is 7.89. The number of benzene rings is 1. The Bertz CT molecular complexity index is 444. The first kappa shape index (κ1) is 12.8. The van der Waals surface area contributed by atoms with Crippen LogP contribution in [-0.2, 0) is 11.2 Å². The number of hydrogen-bond acceptors (Lipinski definition) is 2. The van der Waals surface area contributed by atoms with Crippen molar-refractivity contribution in [3.05, 3.63) is 29.8 Å². The normalized spacial score (nSPS) is 23.0. The van der Waals surface area contributed by atoms with Crippen molar-refractivity contribution in [3.63, 3.8) is 0 Å². The van der Waals surface area contributed by atoms with Crippen molar-refractivity contribution in [1.82, 2.24) is 4.90 Å². The molecule has 0 bridgehead atoms. The molecule has 1 fully saturated rings. The highest BCUT2D eigenvalue weighted by atomic mass is 35.5. The number of alkyl halides is 1. The Hall–Kier alpha value is -1.22. The van der Waals surface area contributed by atoms with Crippen molar-refractivity contribution in [3.8, 4) is 5.75 Å². The van der Waals surface area contributed by atoms with Gasteiger partial charge in [0, 0.05) is 25.4 Å². The SMILES string of the molecule is O=C(C1Cc2ccccc2O1)N1CCC(CCl)CC1. The molecule has 1 saturated heterocycles. The number of halogens is 1. The lowest BCUT2D eigenvalue weighted by Crippen LogP contribution is -2.45. The molecule has 2 aliphatic heterocycles. The summed E-state index contributed by atoms with van der Waals surface area (Å²) in [5.41, 5.74) is 1.14. The third kappa shape index (κ3) is 2.57. The van der Waals surface area contributed by atoms with E-state index in [9.17, 15) is 4.79 Å². The Morgan fingerprint density at radius 1 is 1.32 bits per heavy atom. The van der Waals surface area contributed by atoms with Crippen LogP contribution in [0.2, 0.25) is 0 Å². The monoisotopic (exact) mass is 279 g/mol. The first-order valence-corrected chi connectivity index (χ1v) is 7.40. The van der Waals surface area contributed by atoms with Gasteiger partial charge < -0.3 is 9.64 Å². The molecule has 1 atom stereocenters. The summed E-state index contributed by atoms with van der Waals surface area (Å²) in [6.45, 7) is 1.62. The van der Waals surface area contributed by atoms with Crippen LogP contribution in [0.25, 0.3) is 0 Å². The van der Waals surface area contributed by atoms with Gasteiger partial charge in [-0.3, -0.25) is 4.79 Å². The third-order valence-electron chi connectivity index (χ3n) is 4.07. The van der Waals surface area contributed by atoms with Gasteiger partial charge in [0.05, 0.1) is 0 Å². The van der Waals surface area contributed by atoms with E-state index in [2.05, 4.69) is 0 Å². The molecule has 0 aliphatic carbocycles. The zero-order chi connectivity index (χ0) is 13.2. The number of fused-ring (bicyclic) bond motifs is 1. The Balaban J connectivity index is 1.61. The highest BCUT2D eigenvalue weighted by Gasteiger charge is 2.33. The quantitative estimate of drug-likeness (QED) is 0.779. The Morgan fingerprint density at radius 3 is 2.74 bits per heavy atom. The summed E-state index contributed by atoms with van der Waals surface area (Å²) >= 11 is 5.87. The van der Waals surface area contributed by atoms with Crippen LogP contribution in [0, 0.1) is 5.92 Å². The zero-order valence-electron chi connectivity index (χ0n) is 10.8. The van der Waals surface area contributed by atoms with Crippen LogP contribution in [0.15, 0.2) is 24.3 Å². The summed E-state index contributed by atoms with van der Waals surface area (Å²) in [7, 11) is 0. The number of piperidine rings is 1. The molecule has 0 saturated carbocycles. The predicted molar refractivity (Wildman–Crippen MR) is 74.6 cm³/mol. The lowest BCUT2D eigenvalue weighted by atomic mass is 9.98. The molecule has 1 aromatic rings. The molecular weight excluding hydrogens is 262 g/mol. The topological polar surface area (TPSA) is 29.5 Å². The predicted octanol–water partition coefficient (Wildman–Crippen LogP) is 2.47. The van der Waals surface area contributed by atoms with Crippen LogP contribution >= 0.6 is 11.6 Å². The van der Waals surface area contributed by atoms with Gasteiger partial charge in [-0.25, -0.2) is 0 Å². The van der Waals surface area contributed by atoms with Gasteiger partial charge in [0.25, 0.3) is 5.91 Å². The van der Waals surface area contributed by atoms with E-state index < -0.39 is 0 Å². The summed E-state index contributed by atoms with van der Waals surface area (Å²) in [4.78, 5) is 14.4. The van der Waals surface area contributed by atoms with Crippen LogP contribution in [0.4, 0.5) is 0 Å². The molecule has 2 heterocycles. The second kappa shape index (κ2) is 5.41. The van der Waals surface area contributed by atoms with Crippen LogP contribution in [0.5, 0.6) is 5.75 Å². The molecule has 1 unspecified atom stereocenters. The molecule has 0 spiro atoms. The first-order valence-electron chi connectivity index (χ1n) is 6.87. The van der Waals surface area contributed by atoms with Gasteiger partial charge in [0.15, 0.2) is 6.10 Å². The Morgan fingerprint density at radius 2 is 2.05 bits per heavy atom. The van der Waals surface area contributed by atoms with Gasteiger partial charge in [0.2, 0.25) is 0 Å². The van der Waals surface area contributed by atoms with E-state index >= 15 is 0 Å². The molecule has 19 heavy (non-hydrogen) atoms. The number of rotatable bonds is 2. The average molecular weight is 280 g/mol. The maximum absolute atomic E-state index is 12.4. The fourth-order valence-electron chi connectivity index (χ4n) is 2.83. The maximum atomic E-state index is 12.4. The molecule has 4 heteroatoms. The van der Waals surface area contributed by atoms with Crippen molar-refractivity contribution in [1.29, 1.82) is 0 Å². The molecule has 2 aliphatic rings. The molecule has 3 nitrogen and oxygen atoms in total.